The van der Waals surface area contributed by atoms with Crippen molar-refractivity contribution in [3.05, 3.63) is 35.5 Å². The lowest BCUT2D eigenvalue weighted by Crippen LogP contribution is -2.63. The molecule has 4 atom stereocenters. The van der Waals surface area contributed by atoms with E-state index >= 15 is 0 Å². The van der Waals surface area contributed by atoms with Crippen LogP contribution in [0.1, 0.15) is 46.0 Å². The van der Waals surface area contributed by atoms with Crippen LogP contribution in [0.15, 0.2) is 35.5 Å². The number of aliphatic hydroxyl groups is 1. The van der Waals surface area contributed by atoms with Gasteiger partial charge in [0.05, 0.1) is 12.7 Å². The number of hydrogen-bond acceptors (Lipinski definition) is 6. The zero-order chi connectivity index (χ0) is 20.7. The molecule has 0 aromatic carbocycles. The molecule has 7 nitrogen and oxygen atoms in total. The topological polar surface area (TPSA) is 110 Å². The van der Waals surface area contributed by atoms with Gasteiger partial charge in [-0.05, 0) is 52.0 Å². The number of cyclic esters (lactones) is 1. The van der Waals surface area contributed by atoms with E-state index in [1.54, 1.807) is 25.2 Å². The van der Waals surface area contributed by atoms with Gasteiger partial charge >= 0.3 is 17.9 Å². The van der Waals surface area contributed by atoms with E-state index in [2.05, 4.69) is 0 Å². The predicted octanol–water partition coefficient (Wildman–Crippen LogP) is 2.30. The summed E-state index contributed by atoms with van der Waals surface area (Å²) in [5, 5.41) is 20.7. The molecule has 2 N–H and O–H groups in total. The van der Waals surface area contributed by atoms with Crippen molar-refractivity contribution in [2.75, 3.05) is 7.11 Å². The van der Waals surface area contributed by atoms with Crippen LogP contribution in [-0.2, 0) is 23.9 Å². The second-order valence-corrected chi connectivity index (χ2v) is 8.11. The summed E-state index contributed by atoms with van der Waals surface area (Å²) >= 11 is 0. The van der Waals surface area contributed by atoms with Gasteiger partial charge in [-0.2, -0.15) is 0 Å². The molecular weight excluding hydrogens is 364 g/mol. The van der Waals surface area contributed by atoms with Crippen LogP contribution < -0.4 is 0 Å². The average Bonchev–Trinajstić information content (AvgIpc) is 2.77. The summed E-state index contributed by atoms with van der Waals surface area (Å²) in [6, 6.07) is 0. The molecule has 2 fully saturated rings. The fourth-order valence-corrected chi connectivity index (χ4v) is 5.01. The van der Waals surface area contributed by atoms with Gasteiger partial charge in [0.25, 0.3) is 0 Å². The fourth-order valence-electron chi connectivity index (χ4n) is 5.01. The van der Waals surface area contributed by atoms with E-state index in [0.29, 0.717) is 24.8 Å². The molecule has 3 aliphatic rings. The minimum Gasteiger partial charge on any atom is -0.478 e. The van der Waals surface area contributed by atoms with Crippen LogP contribution in [0.3, 0.4) is 0 Å². The molecule has 2 bridgehead atoms. The highest BCUT2D eigenvalue weighted by atomic mass is 16.6. The quantitative estimate of drug-likeness (QED) is 0.430. The van der Waals surface area contributed by atoms with Crippen LogP contribution in [0, 0.1) is 11.3 Å². The molecule has 1 saturated carbocycles. The number of esters is 2. The van der Waals surface area contributed by atoms with E-state index in [1.165, 1.54) is 20.1 Å². The molecule has 7 heteroatoms. The van der Waals surface area contributed by atoms with Crippen molar-refractivity contribution in [3.63, 3.8) is 0 Å². The highest BCUT2D eigenvalue weighted by molar-refractivity contribution is 5.89. The van der Waals surface area contributed by atoms with Gasteiger partial charge in [-0.15, -0.1) is 0 Å². The van der Waals surface area contributed by atoms with Crippen LogP contribution in [-0.4, -0.2) is 46.4 Å². The van der Waals surface area contributed by atoms with Gasteiger partial charge in [-0.3, -0.25) is 4.79 Å². The first-order valence-electron chi connectivity index (χ1n) is 9.42. The molecule has 3 rings (SSSR count). The molecule has 0 aromatic rings. The highest BCUT2D eigenvalue weighted by Gasteiger charge is 2.71. The number of hydrogen-bond donors (Lipinski definition) is 2. The average molecular weight is 390 g/mol. The first-order chi connectivity index (χ1) is 13.1. The van der Waals surface area contributed by atoms with E-state index in [1.807, 2.05) is 0 Å². The molecule has 152 valence electrons. The van der Waals surface area contributed by atoms with Crippen molar-refractivity contribution < 1.29 is 34.1 Å². The predicted molar refractivity (Wildman–Crippen MR) is 99.1 cm³/mol. The minimum atomic E-state index is -1.31. The van der Waals surface area contributed by atoms with Crippen LogP contribution in [0.2, 0.25) is 0 Å². The molecule has 0 aromatic heterocycles. The van der Waals surface area contributed by atoms with Crippen molar-refractivity contribution in [2.45, 2.75) is 57.2 Å². The van der Waals surface area contributed by atoms with Gasteiger partial charge in [0, 0.05) is 17.1 Å². The maximum absolute atomic E-state index is 13.1. The summed E-state index contributed by atoms with van der Waals surface area (Å²) in [7, 11) is 1.31. The van der Waals surface area contributed by atoms with Crippen LogP contribution in [0.4, 0.5) is 0 Å². The molecule has 0 amide bonds. The van der Waals surface area contributed by atoms with Crippen molar-refractivity contribution in [3.8, 4) is 0 Å². The standard InChI is InChI=1S/C21H26O7/c1-13(16(22)23)5-4-9-19(2)15-8-11-20(18(25)28-19)10-6-14(17(24)27-3)7-12-21(15,20)26/h4-6,9,15,26H,7-8,10-12H2,1-3H3,(H,22,23)/b9-4+,13-5+. The van der Waals surface area contributed by atoms with Gasteiger partial charge in [0.1, 0.15) is 11.0 Å². The molecule has 28 heavy (non-hydrogen) atoms. The third-order valence-corrected chi connectivity index (χ3v) is 6.69. The Morgan fingerprint density at radius 1 is 1.36 bits per heavy atom. The Labute approximate surface area is 163 Å². The largest absolute Gasteiger partial charge is 0.478 e. The van der Waals surface area contributed by atoms with Crippen LogP contribution in [0.25, 0.3) is 0 Å². The summed E-state index contributed by atoms with van der Waals surface area (Å²) in [5.41, 5.74) is -2.80. The number of rotatable bonds is 4. The van der Waals surface area contributed by atoms with E-state index in [9.17, 15) is 19.5 Å². The lowest BCUT2D eigenvalue weighted by atomic mass is 9.62. The number of carbonyl (C=O) groups excluding carboxylic acids is 2. The maximum atomic E-state index is 13.1. The van der Waals surface area contributed by atoms with Gasteiger partial charge in [-0.1, -0.05) is 18.2 Å². The Bertz CT molecular complexity index is 808. The number of carboxylic acid groups (broad SMARTS) is 1. The number of ether oxygens (including phenoxy) is 2. The Balaban J connectivity index is 1.95. The first-order valence-corrected chi connectivity index (χ1v) is 9.42. The number of methoxy groups -OCH3 is 1. The summed E-state index contributed by atoms with van der Waals surface area (Å²) in [5.74, 6) is -2.30. The third-order valence-electron chi connectivity index (χ3n) is 6.69. The lowest BCUT2D eigenvalue weighted by Gasteiger charge is -2.52. The molecular formula is C21H26O7. The Morgan fingerprint density at radius 2 is 2.07 bits per heavy atom. The number of aliphatic carboxylic acids is 1. The SMILES string of the molecule is COC(=O)C1=CCC23CCC(C(C)(/C=C/C=C(\C)C(=O)O)OC2=O)C3(O)CC1. The van der Waals surface area contributed by atoms with E-state index < -0.39 is 34.5 Å². The molecule has 4 unspecified atom stereocenters. The van der Waals surface area contributed by atoms with E-state index in [4.69, 9.17) is 14.6 Å². The second-order valence-electron chi connectivity index (χ2n) is 8.11. The lowest BCUT2D eigenvalue weighted by molar-refractivity contribution is -0.224. The van der Waals surface area contributed by atoms with Crippen LogP contribution >= 0.6 is 0 Å². The van der Waals surface area contributed by atoms with Gasteiger partial charge in [0.2, 0.25) is 0 Å². The van der Waals surface area contributed by atoms with E-state index in [-0.39, 0.29) is 24.3 Å². The van der Waals surface area contributed by atoms with Crippen molar-refractivity contribution in [1.82, 2.24) is 0 Å². The first kappa shape index (κ1) is 20.3. The third kappa shape index (κ3) is 2.89. The Hall–Kier alpha value is -2.41. The Kier molecular flexibility index (Phi) is 5.00. The van der Waals surface area contributed by atoms with Gasteiger partial charge in [0.15, 0.2) is 0 Å². The summed E-state index contributed by atoms with van der Waals surface area (Å²) in [6.45, 7) is 3.21. The van der Waals surface area contributed by atoms with Crippen molar-refractivity contribution in [2.24, 2.45) is 11.3 Å². The highest BCUT2D eigenvalue weighted by Crippen LogP contribution is 2.63. The van der Waals surface area contributed by atoms with Crippen molar-refractivity contribution in [1.29, 1.82) is 0 Å². The molecule has 0 spiro atoms. The Morgan fingerprint density at radius 3 is 2.71 bits per heavy atom. The number of allylic oxidation sites excluding steroid dienone is 3. The summed E-state index contributed by atoms with van der Waals surface area (Å²) in [4.78, 5) is 36.0. The molecule has 1 aliphatic heterocycles. The summed E-state index contributed by atoms with van der Waals surface area (Å²) in [6.07, 6.45) is 8.25. The number of carboxylic acids is 1. The zero-order valence-corrected chi connectivity index (χ0v) is 16.4. The van der Waals surface area contributed by atoms with Gasteiger partial charge in [-0.25, -0.2) is 9.59 Å². The van der Waals surface area contributed by atoms with Crippen LogP contribution in [0.5, 0.6) is 0 Å². The molecule has 2 aliphatic carbocycles. The molecule has 1 heterocycles. The van der Waals surface area contributed by atoms with Gasteiger partial charge < -0.3 is 19.7 Å². The smallest absolute Gasteiger partial charge is 0.333 e. The van der Waals surface area contributed by atoms with E-state index in [0.717, 1.165) is 0 Å². The minimum absolute atomic E-state index is 0.155. The zero-order valence-electron chi connectivity index (χ0n) is 16.4. The molecule has 0 radical (unpaired) electrons. The fraction of sp³-hybridized carbons (Fsp3) is 0.571. The summed E-state index contributed by atoms with van der Waals surface area (Å²) < 4.78 is 10.6. The maximum Gasteiger partial charge on any atom is 0.333 e. The second kappa shape index (κ2) is 6.88. The normalized spacial score (nSPS) is 37.7. The molecule has 1 saturated heterocycles. The monoisotopic (exact) mass is 390 g/mol. The van der Waals surface area contributed by atoms with Crippen molar-refractivity contribution >= 4 is 17.9 Å². The number of carbonyl (C=O) groups is 3.